The molecule has 5 heteroatoms. The highest BCUT2D eigenvalue weighted by Crippen LogP contribution is 2.17. The Balaban J connectivity index is 2.15. The largest absolute Gasteiger partial charge is 0.363 e. The summed E-state index contributed by atoms with van der Waals surface area (Å²) in [6.07, 6.45) is 1.55. The van der Waals surface area contributed by atoms with Gasteiger partial charge in [-0.1, -0.05) is 12.1 Å². The van der Waals surface area contributed by atoms with Crippen molar-refractivity contribution in [1.82, 2.24) is 9.97 Å². The summed E-state index contributed by atoms with van der Waals surface area (Å²) in [6, 6.07) is 9.86. The minimum Gasteiger partial charge on any atom is -0.363 e. The number of hydrogen-bond acceptors (Lipinski definition) is 5. The standard InChI is InChI=1S/C13H17N5/c1-18(2)13-7-12(15-9-16-13)17-11-5-3-10(8-14)4-6-11/h3-7,9H,8,14H2,1-2H3,(H,15,16,17). The van der Waals surface area contributed by atoms with Crippen molar-refractivity contribution in [1.29, 1.82) is 0 Å². The Bertz CT molecular complexity index is 507. The second kappa shape index (κ2) is 5.46. The molecule has 1 aromatic carbocycles. The average Bonchev–Trinajstić information content (AvgIpc) is 2.40. The Morgan fingerprint density at radius 1 is 1.17 bits per heavy atom. The van der Waals surface area contributed by atoms with Gasteiger partial charge in [0.1, 0.15) is 18.0 Å². The molecule has 0 amide bonds. The first kappa shape index (κ1) is 12.3. The van der Waals surface area contributed by atoms with E-state index in [1.54, 1.807) is 6.33 Å². The van der Waals surface area contributed by atoms with Gasteiger partial charge in [-0.25, -0.2) is 9.97 Å². The lowest BCUT2D eigenvalue weighted by Gasteiger charge is -2.12. The van der Waals surface area contributed by atoms with Crippen LogP contribution in [0.1, 0.15) is 5.56 Å². The van der Waals surface area contributed by atoms with Crippen LogP contribution in [0.15, 0.2) is 36.7 Å². The molecular formula is C13H17N5. The monoisotopic (exact) mass is 243 g/mol. The third kappa shape index (κ3) is 2.95. The number of benzene rings is 1. The van der Waals surface area contributed by atoms with Crippen LogP contribution in [0.3, 0.4) is 0 Å². The van der Waals surface area contributed by atoms with Crippen molar-refractivity contribution in [2.75, 3.05) is 24.3 Å². The van der Waals surface area contributed by atoms with Crippen molar-refractivity contribution in [3.05, 3.63) is 42.2 Å². The molecule has 0 aliphatic rings. The zero-order valence-corrected chi connectivity index (χ0v) is 10.6. The molecule has 18 heavy (non-hydrogen) atoms. The van der Waals surface area contributed by atoms with E-state index in [0.717, 1.165) is 22.9 Å². The van der Waals surface area contributed by atoms with E-state index >= 15 is 0 Å². The SMILES string of the molecule is CN(C)c1cc(Nc2ccc(CN)cc2)ncn1. The van der Waals surface area contributed by atoms with Crippen LogP contribution in [0.4, 0.5) is 17.3 Å². The van der Waals surface area contributed by atoms with Crippen molar-refractivity contribution in [2.45, 2.75) is 6.54 Å². The highest BCUT2D eigenvalue weighted by Gasteiger charge is 2.01. The molecule has 1 aromatic heterocycles. The van der Waals surface area contributed by atoms with E-state index in [0.29, 0.717) is 6.54 Å². The summed E-state index contributed by atoms with van der Waals surface area (Å²) in [5, 5.41) is 3.23. The van der Waals surface area contributed by atoms with Gasteiger partial charge in [0.25, 0.3) is 0 Å². The van der Waals surface area contributed by atoms with Crippen LogP contribution in [0.5, 0.6) is 0 Å². The second-order valence-corrected chi connectivity index (χ2v) is 4.18. The van der Waals surface area contributed by atoms with Gasteiger partial charge in [0.2, 0.25) is 0 Å². The van der Waals surface area contributed by atoms with Gasteiger partial charge in [-0.15, -0.1) is 0 Å². The molecule has 1 heterocycles. The molecule has 0 atom stereocenters. The normalized spacial score (nSPS) is 10.2. The predicted octanol–water partition coefficient (Wildman–Crippen LogP) is 1.74. The zero-order chi connectivity index (χ0) is 13.0. The number of nitrogens with zero attached hydrogens (tertiary/aromatic N) is 3. The lowest BCUT2D eigenvalue weighted by molar-refractivity contribution is 1.04. The maximum absolute atomic E-state index is 5.56. The number of hydrogen-bond donors (Lipinski definition) is 2. The van der Waals surface area contributed by atoms with Gasteiger partial charge in [0.15, 0.2) is 0 Å². The molecule has 0 radical (unpaired) electrons. The lowest BCUT2D eigenvalue weighted by atomic mass is 10.2. The van der Waals surface area contributed by atoms with Crippen molar-refractivity contribution in [3.8, 4) is 0 Å². The minimum absolute atomic E-state index is 0.554. The van der Waals surface area contributed by atoms with Gasteiger partial charge in [0.05, 0.1) is 0 Å². The van der Waals surface area contributed by atoms with Crippen LogP contribution in [0.25, 0.3) is 0 Å². The van der Waals surface area contributed by atoms with E-state index in [1.165, 1.54) is 0 Å². The smallest absolute Gasteiger partial charge is 0.135 e. The van der Waals surface area contributed by atoms with Gasteiger partial charge in [0, 0.05) is 32.4 Å². The predicted molar refractivity (Wildman–Crippen MR) is 74.0 cm³/mol. The van der Waals surface area contributed by atoms with E-state index in [4.69, 9.17) is 5.73 Å². The van der Waals surface area contributed by atoms with Gasteiger partial charge >= 0.3 is 0 Å². The van der Waals surface area contributed by atoms with Crippen LogP contribution < -0.4 is 16.0 Å². The summed E-state index contributed by atoms with van der Waals surface area (Å²) in [6.45, 7) is 0.554. The Morgan fingerprint density at radius 3 is 2.50 bits per heavy atom. The second-order valence-electron chi connectivity index (χ2n) is 4.18. The molecule has 5 nitrogen and oxygen atoms in total. The molecule has 94 valence electrons. The summed E-state index contributed by atoms with van der Waals surface area (Å²) in [7, 11) is 3.89. The first-order valence-electron chi connectivity index (χ1n) is 5.74. The number of nitrogens with two attached hydrogens (primary N) is 1. The summed E-state index contributed by atoms with van der Waals surface area (Å²) >= 11 is 0. The van der Waals surface area contributed by atoms with Crippen LogP contribution in [-0.4, -0.2) is 24.1 Å². The van der Waals surface area contributed by atoms with Crippen LogP contribution in [-0.2, 0) is 6.54 Å². The fourth-order valence-electron chi connectivity index (χ4n) is 1.53. The number of aromatic nitrogens is 2. The fraction of sp³-hybridized carbons (Fsp3) is 0.231. The van der Waals surface area contributed by atoms with Crippen molar-refractivity contribution < 1.29 is 0 Å². The molecule has 0 saturated heterocycles. The molecule has 0 fully saturated rings. The van der Waals surface area contributed by atoms with Gasteiger partial charge in [-0.3, -0.25) is 0 Å². The molecule has 0 aliphatic carbocycles. The zero-order valence-electron chi connectivity index (χ0n) is 10.6. The number of rotatable bonds is 4. The molecule has 0 aliphatic heterocycles. The third-order valence-electron chi connectivity index (χ3n) is 2.57. The first-order chi connectivity index (χ1) is 8.69. The molecular weight excluding hydrogens is 226 g/mol. The maximum Gasteiger partial charge on any atom is 0.135 e. The minimum atomic E-state index is 0.554. The van der Waals surface area contributed by atoms with Gasteiger partial charge in [-0.2, -0.15) is 0 Å². The lowest BCUT2D eigenvalue weighted by Crippen LogP contribution is -2.11. The third-order valence-corrected chi connectivity index (χ3v) is 2.57. The molecule has 2 aromatic rings. The van der Waals surface area contributed by atoms with Crippen molar-refractivity contribution in [2.24, 2.45) is 5.73 Å². The summed E-state index contributed by atoms with van der Waals surface area (Å²) in [5.41, 5.74) is 7.65. The van der Waals surface area contributed by atoms with Crippen molar-refractivity contribution >= 4 is 17.3 Å². The molecule has 0 spiro atoms. The quantitative estimate of drug-likeness (QED) is 0.856. The van der Waals surface area contributed by atoms with Crippen molar-refractivity contribution in [3.63, 3.8) is 0 Å². The fourth-order valence-corrected chi connectivity index (χ4v) is 1.53. The number of nitrogens with one attached hydrogen (secondary N) is 1. The maximum atomic E-state index is 5.56. The molecule has 2 rings (SSSR count). The summed E-state index contributed by atoms with van der Waals surface area (Å²) in [5.74, 6) is 1.64. The molecule has 3 N–H and O–H groups in total. The Kier molecular flexibility index (Phi) is 3.74. The molecule has 0 saturated carbocycles. The Morgan fingerprint density at radius 2 is 1.89 bits per heavy atom. The average molecular weight is 243 g/mol. The molecule has 0 bridgehead atoms. The van der Waals surface area contributed by atoms with E-state index in [-0.39, 0.29) is 0 Å². The Labute approximate surface area is 107 Å². The van der Waals surface area contributed by atoms with E-state index in [1.807, 2.05) is 49.3 Å². The summed E-state index contributed by atoms with van der Waals surface area (Å²) in [4.78, 5) is 10.3. The summed E-state index contributed by atoms with van der Waals surface area (Å²) < 4.78 is 0. The number of anilines is 3. The van der Waals surface area contributed by atoms with E-state index < -0.39 is 0 Å². The molecule has 0 unspecified atom stereocenters. The topological polar surface area (TPSA) is 67.1 Å². The van der Waals surface area contributed by atoms with Gasteiger partial charge < -0.3 is 16.0 Å². The van der Waals surface area contributed by atoms with Crippen LogP contribution in [0, 0.1) is 0 Å². The van der Waals surface area contributed by atoms with Crippen LogP contribution in [0.2, 0.25) is 0 Å². The first-order valence-corrected chi connectivity index (χ1v) is 5.74. The Hall–Kier alpha value is -2.14. The van der Waals surface area contributed by atoms with E-state index in [2.05, 4.69) is 15.3 Å². The highest BCUT2D eigenvalue weighted by atomic mass is 15.2. The van der Waals surface area contributed by atoms with Gasteiger partial charge in [-0.05, 0) is 17.7 Å². The van der Waals surface area contributed by atoms with Crippen LogP contribution >= 0.6 is 0 Å². The van der Waals surface area contributed by atoms with E-state index in [9.17, 15) is 0 Å². The highest BCUT2D eigenvalue weighted by molar-refractivity contribution is 5.59.